The molecule has 7 heteroatoms. The molecule has 194 valence electrons. The highest BCUT2D eigenvalue weighted by molar-refractivity contribution is 5.75. The molecule has 1 fully saturated rings. The van der Waals surface area contributed by atoms with E-state index in [0.29, 0.717) is 39.0 Å². The zero-order valence-corrected chi connectivity index (χ0v) is 21.1. The molecule has 7 nitrogen and oxygen atoms in total. The van der Waals surface area contributed by atoms with E-state index in [0.717, 1.165) is 48.5 Å². The van der Waals surface area contributed by atoms with Crippen LogP contribution < -0.4 is 14.8 Å². The molecule has 0 amide bonds. The number of H-pyrrole nitrogens is 1. The number of ether oxygens (including phenoxy) is 4. The fraction of sp³-hybridized carbons (Fsp3) is 0.367. The largest absolute Gasteiger partial charge is 0.494 e. The summed E-state index contributed by atoms with van der Waals surface area (Å²) in [6.45, 7) is 4.84. The highest BCUT2D eigenvalue weighted by Gasteiger charge is 2.27. The normalized spacial score (nSPS) is 17.6. The summed E-state index contributed by atoms with van der Waals surface area (Å²) in [5, 5.41) is 3.46. The summed E-state index contributed by atoms with van der Waals surface area (Å²) >= 11 is 0. The van der Waals surface area contributed by atoms with Gasteiger partial charge >= 0.3 is 0 Å². The van der Waals surface area contributed by atoms with Crippen molar-refractivity contribution < 1.29 is 18.9 Å². The van der Waals surface area contributed by atoms with E-state index in [2.05, 4.69) is 51.7 Å². The standard InChI is InChI=1S/C30H35N3O4/c1-2-5-23(6-3-1)21-34-15-4-16-35-25-9-7-24(8-10-25)27-13-14-31-20-30(27)37-18-17-36-26-11-12-28-29(19-26)33-22-32-28/h1-3,5-12,19,22,27,30-31H,4,13-18,20-21H2,(H,32,33). The molecule has 1 aliphatic rings. The number of piperidine rings is 1. The topological polar surface area (TPSA) is 77.6 Å². The lowest BCUT2D eigenvalue weighted by Crippen LogP contribution is -2.41. The second kappa shape index (κ2) is 13.2. The van der Waals surface area contributed by atoms with Crippen LogP contribution in [-0.4, -0.2) is 55.6 Å². The van der Waals surface area contributed by atoms with Gasteiger partial charge in [-0.15, -0.1) is 0 Å². The van der Waals surface area contributed by atoms with Crippen LogP contribution in [0.15, 0.2) is 79.1 Å². The molecule has 0 bridgehead atoms. The van der Waals surface area contributed by atoms with Crippen molar-refractivity contribution in [2.24, 2.45) is 0 Å². The highest BCUT2D eigenvalue weighted by Crippen LogP contribution is 2.29. The van der Waals surface area contributed by atoms with Crippen molar-refractivity contribution in [2.75, 3.05) is 39.5 Å². The van der Waals surface area contributed by atoms with Crippen LogP contribution in [0.1, 0.15) is 29.9 Å². The van der Waals surface area contributed by atoms with E-state index in [9.17, 15) is 0 Å². The predicted octanol–water partition coefficient (Wildman–Crippen LogP) is 5.09. The van der Waals surface area contributed by atoms with E-state index in [1.165, 1.54) is 11.1 Å². The molecular weight excluding hydrogens is 466 g/mol. The molecule has 0 aliphatic carbocycles. The lowest BCUT2D eigenvalue weighted by molar-refractivity contribution is 0.00733. The molecule has 2 N–H and O–H groups in total. The van der Waals surface area contributed by atoms with Crippen molar-refractivity contribution in [3.63, 3.8) is 0 Å². The smallest absolute Gasteiger partial charge is 0.121 e. The Labute approximate surface area is 218 Å². The predicted molar refractivity (Wildman–Crippen MR) is 144 cm³/mol. The Morgan fingerprint density at radius 3 is 2.57 bits per heavy atom. The van der Waals surface area contributed by atoms with E-state index in [1.807, 2.05) is 36.4 Å². The summed E-state index contributed by atoms with van der Waals surface area (Å²) in [5.41, 5.74) is 4.39. The van der Waals surface area contributed by atoms with Crippen LogP contribution in [0.5, 0.6) is 11.5 Å². The summed E-state index contributed by atoms with van der Waals surface area (Å²) in [6, 6.07) is 24.6. The van der Waals surface area contributed by atoms with Crippen LogP contribution in [0, 0.1) is 0 Å². The molecule has 2 unspecified atom stereocenters. The fourth-order valence-corrected chi connectivity index (χ4v) is 4.68. The molecular formula is C30H35N3O4. The van der Waals surface area contributed by atoms with Crippen LogP contribution in [-0.2, 0) is 16.1 Å². The van der Waals surface area contributed by atoms with Crippen LogP contribution in [0.3, 0.4) is 0 Å². The Morgan fingerprint density at radius 2 is 1.68 bits per heavy atom. The Morgan fingerprint density at radius 1 is 0.838 bits per heavy atom. The molecule has 1 aromatic heterocycles. The zero-order chi connectivity index (χ0) is 25.1. The third-order valence-corrected chi connectivity index (χ3v) is 6.62. The second-order valence-electron chi connectivity index (χ2n) is 9.25. The number of hydrogen-bond acceptors (Lipinski definition) is 6. The molecule has 0 saturated carbocycles. The highest BCUT2D eigenvalue weighted by atomic mass is 16.5. The van der Waals surface area contributed by atoms with Crippen LogP contribution in [0.2, 0.25) is 0 Å². The van der Waals surface area contributed by atoms with Gasteiger partial charge in [0.1, 0.15) is 18.1 Å². The van der Waals surface area contributed by atoms with Gasteiger partial charge in [-0.1, -0.05) is 42.5 Å². The molecule has 2 heterocycles. The molecule has 1 saturated heterocycles. The number of aromatic amines is 1. The fourth-order valence-electron chi connectivity index (χ4n) is 4.68. The summed E-state index contributed by atoms with van der Waals surface area (Å²) in [6.07, 6.45) is 3.70. The number of benzene rings is 3. The Balaban J connectivity index is 1.02. The first-order valence-electron chi connectivity index (χ1n) is 13.1. The van der Waals surface area contributed by atoms with Gasteiger partial charge in [0.15, 0.2) is 0 Å². The van der Waals surface area contributed by atoms with Crippen LogP contribution >= 0.6 is 0 Å². The van der Waals surface area contributed by atoms with Gasteiger partial charge in [0.05, 0.1) is 49.9 Å². The van der Waals surface area contributed by atoms with Crippen LogP contribution in [0.25, 0.3) is 11.0 Å². The Hall–Kier alpha value is -3.39. The molecule has 37 heavy (non-hydrogen) atoms. The van der Waals surface area contributed by atoms with Crippen molar-refractivity contribution in [1.82, 2.24) is 15.3 Å². The summed E-state index contributed by atoms with van der Waals surface area (Å²) in [7, 11) is 0. The van der Waals surface area contributed by atoms with Crippen LogP contribution in [0.4, 0.5) is 0 Å². The molecule has 2 atom stereocenters. The maximum atomic E-state index is 6.26. The summed E-state index contributed by atoms with van der Waals surface area (Å²) in [4.78, 5) is 7.35. The minimum Gasteiger partial charge on any atom is -0.494 e. The van der Waals surface area contributed by atoms with Gasteiger partial charge in [-0.2, -0.15) is 0 Å². The molecule has 1 aliphatic heterocycles. The quantitative estimate of drug-likeness (QED) is 0.249. The maximum Gasteiger partial charge on any atom is 0.121 e. The van der Waals surface area contributed by atoms with E-state index in [1.54, 1.807) is 6.33 Å². The molecule has 0 spiro atoms. The Kier molecular flexibility index (Phi) is 9.04. The first kappa shape index (κ1) is 25.3. The molecule has 5 rings (SSSR count). The first-order chi connectivity index (χ1) is 18.3. The van der Waals surface area contributed by atoms with Gasteiger partial charge in [0.2, 0.25) is 0 Å². The van der Waals surface area contributed by atoms with Gasteiger partial charge in [-0.05, 0) is 48.4 Å². The van der Waals surface area contributed by atoms with E-state index < -0.39 is 0 Å². The lowest BCUT2D eigenvalue weighted by atomic mass is 9.88. The Bertz CT molecular complexity index is 1210. The lowest BCUT2D eigenvalue weighted by Gasteiger charge is -2.32. The first-order valence-corrected chi connectivity index (χ1v) is 13.1. The van der Waals surface area contributed by atoms with Crippen molar-refractivity contribution in [1.29, 1.82) is 0 Å². The number of imidazole rings is 1. The average molecular weight is 502 g/mol. The average Bonchev–Trinajstić information content (AvgIpc) is 3.42. The molecule has 0 radical (unpaired) electrons. The second-order valence-corrected chi connectivity index (χ2v) is 9.25. The molecule has 4 aromatic rings. The number of nitrogens with zero attached hydrogens (tertiary/aromatic N) is 1. The minimum atomic E-state index is 0.112. The minimum absolute atomic E-state index is 0.112. The van der Waals surface area contributed by atoms with Crippen molar-refractivity contribution in [2.45, 2.75) is 31.5 Å². The third kappa shape index (κ3) is 7.32. The SMILES string of the molecule is c1ccc(COCCCOc2ccc(C3CCNCC3OCCOc3ccc4nc[nH]c4c3)cc2)cc1. The summed E-state index contributed by atoms with van der Waals surface area (Å²) < 4.78 is 23.8. The van der Waals surface area contributed by atoms with E-state index >= 15 is 0 Å². The van der Waals surface area contributed by atoms with Crippen molar-refractivity contribution in [3.8, 4) is 11.5 Å². The van der Waals surface area contributed by atoms with Gasteiger partial charge < -0.3 is 29.2 Å². The van der Waals surface area contributed by atoms with Gasteiger partial charge in [-0.3, -0.25) is 0 Å². The number of hydrogen-bond donors (Lipinski definition) is 2. The summed E-state index contributed by atoms with van der Waals surface area (Å²) in [5.74, 6) is 2.06. The number of nitrogens with one attached hydrogen (secondary N) is 2. The molecule has 3 aromatic carbocycles. The van der Waals surface area contributed by atoms with Crippen molar-refractivity contribution in [3.05, 3.63) is 90.3 Å². The van der Waals surface area contributed by atoms with Gasteiger partial charge in [-0.25, -0.2) is 4.98 Å². The van der Waals surface area contributed by atoms with E-state index in [4.69, 9.17) is 18.9 Å². The van der Waals surface area contributed by atoms with Gasteiger partial charge in [0, 0.05) is 24.9 Å². The number of aromatic nitrogens is 2. The number of fused-ring (bicyclic) bond motifs is 1. The van der Waals surface area contributed by atoms with Gasteiger partial charge in [0.25, 0.3) is 0 Å². The van der Waals surface area contributed by atoms with Crippen molar-refractivity contribution >= 4 is 11.0 Å². The zero-order valence-electron chi connectivity index (χ0n) is 21.1. The maximum absolute atomic E-state index is 6.26. The monoisotopic (exact) mass is 501 g/mol. The third-order valence-electron chi connectivity index (χ3n) is 6.62. The van der Waals surface area contributed by atoms with E-state index in [-0.39, 0.29) is 6.10 Å². The number of rotatable bonds is 13.